The van der Waals surface area contributed by atoms with Gasteiger partial charge in [-0.05, 0) is 56.5 Å². The van der Waals surface area contributed by atoms with Crippen molar-refractivity contribution in [1.82, 2.24) is 9.21 Å². The van der Waals surface area contributed by atoms with Gasteiger partial charge in [0.05, 0.1) is 17.1 Å². The third-order valence-electron chi connectivity index (χ3n) is 6.03. The number of nitrogens with zero attached hydrogens (tertiary/aromatic N) is 3. The second-order valence-electron chi connectivity index (χ2n) is 8.24. The average molecular weight is 446 g/mol. The number of anilines is 1. The number of benzene rings is 2. The number of hydrogen-bond acceptors (Lipinski definition) is 4. The van der Waals surface area contributed by atoms with Crippen LogP contribution in [0.1, 0.15) is 24.0 Å². The lowest BCUT2D eigenvalue weighted by atomic mass is 10.0. The summed E-state index contributed by atoms with van der Waals surface area (Å²) in [6, 6.07) is 11.8. The molecule has 2 aromatic rings. The van der Waals surface area contributed by atoms with Crippen LogP contribution in [0.5, 0.6) is 0 Å². The Morgan fingerprint density at radius 3 is 2.52 bits per heavy atom. The standard InChI is InChI=1S/C23H28FN3O3S/c1-18-8-10-20(11-9-18)31(29,30)26-13-4-12-25(15-16-26)17-22(28)27-14-3-6-19-5-2-7-21(24)23(19)27/h2,5,7-11H,3-4,6,12-17H2,1H3. The predicted molar refractivity (Wildman–Crippen MR) is 118 cm³/mol. The van der Waals surface area contributed by atoms with Crippen LogP contribution in [0, 0.1) is 12.7 Å². The summed E-state index contributed by atoms with van der Waals surface area (Å²) in [6.07, 6.45) is 2.22. The van der Waals surface area contributed by atoms with Gasteiger partial charge in [-0.15, -0.1) is 0 Å². The largest absolute Gasteiger partial charge is 0.308 e. The fourth-order valence-corrected chi connectivity index (χ4v) is 5.80. The van der Waals surface area contributed by atoms with Gasteiger partial charge in [-0.2, -0.15) is 4.31 Å². The van der Waals surface area contributed by atoms with Crippen molar-refractivity contribution in [3.05, 3.63) is 59.4 Å². The fourth-order valence-electron chi connectivity index (χ4n) is 4.33. The van der Waals surface area contributed by atoms with E-state index in [4.69, 9.17) is 0 Å². The van der Waals surface area contributed by atoms with Crippen LogP contribution >= 0.6 is 0 Å². The van der Waals surface area contributed by atoms with Crippen molar-refractivity contribution in [2.24, 2.45) is 0 Å². The lowest BCUT2D eigenvalue weighted by Gasteiger charge is -2.31. The zero-order valence-corrected chi connectivity index (χ0v) is 18.6. The third-order valence-corrected chi connectivity index (χ3v) is 7.95. The molecule has 2 aromatic carbocycles. The first-order chi connectivity index (χ1) is 14.9. The first-order valence-corrected chi connectivity index (χ1v) is 12.2. The highest BCUT2D eigenvalue weighted by Crippen LogP contribution is 2.30. The number of fused-ring (bicyclic) bond motifs is 1. The number of para-hydroxylation sites is 1. The van der Waals surface area contributed by atoms with E-state index in [9.17, 15) is 17.6 Å². The molecule has 0 radical (unpaired) electrons. The highest BCUT2D eigenvalue weighted by atomic mass is 32.2. The van der Waals surface area contributed by atoms with Gasteiger partial charge in [0.25, 0.3) is 0 Å². The van der Waals surface area contributed by atoms with E-state index in [0.29, 0.717) is 49.7 Å². The summed E-state index contributed by atoms with van der Waals surface area (Å²) >= 11 is 0. The Bertz CT molecular complexity index is 1060. The van der Waals surface area contributed by atoms with Gasteiger partial charge in [0, 0.05) is 26.2 Å². The summed E-state index contributed by atoms with van der Waals surface area (Å²) in [5.41, 5.74) is 2.28. The normalized spacial score (nSPS) is 18.5. The number of carbonyl (C=O) groups is 1. The van der Waals surface area contributed by atoms with E-state index in [1.165, 1.54) is 10.4 Å². The Morgan fingerprint density at radius 1 is 0.968 bits per heavy atom. The van der Waals surface area contributed by atoms with Crippen LogP contribution in [-0.4, -0.2) is 62.8 Å². The molecule has 6 nitrogen and oxygen atoms in total. The number of halogens is 1. The van der Waals surface area contributed by atoms with Gasteiger partial charge >= 0.3 is 0 Å². The van der Waals surface area contributed by atoms with Crippen molar-refractivity contribution < 1.29 is 17.6 Å². The van der Waals surface area contributed by atoms with Crippen LogP contribution < -0.4 is 4.90 Å². The zero-order valence-electron chi connectivity index (χ0n) is 17.8. The Kier molecular flexibility index (Phi) is 6.41. The van der Waals surface area contributed by atoms with Crippen LogP contribution in [0.2, 0.25) is 0 Å². The number of hydrogen-bond donors (Lipinski definition) is 0. The van der Waals surface area contributed by atoms with Crippen molar-refractivity contribution >= 4 is 21.6 Å². The van der Waals surface area contributed by atoms with E-state index < -0.39 is 10.0 Å². The maximum absolute atomic E-state index is 14.4. The molecule has 2 aliphatic heterocycles. The molecule has 4 rings (SSSR count). The van der Waals surface area contributed by atoms with Crippen LogP contribution in [0.15, 0.2) is 47.4 Å². The van der Waals surface area contributed by atoms with Crippen molar-refractivity contribution in [2.75, 3.05) is 44.2 Å². The molecule has 0 bridgehead atoms. The van der Waals surface area contributed by atoms with Gasteiger partial charge in [0.1, 0.15) is 5.82 Å². The summed E-state index contributed by atoms with van der Waals surface area (Å²) in [5.74, 6) is -0.502. The van der Waals surface area contributed by atoms with Crippen molar-refractivity contribution in [2.45, 2.75) is 31.1 Å². The fraction of sp³-hybridized carbons (Fsp3) is 0.435. The molecule has 1 amide bonds. The minimum Gasteiger partial charge on any atom is -0.308 e. The zero-order chi connectivity index (χ0) is 22.0. The molecule has 2 heterocycles. The van der Waals surface area contributed by atoms with Crippen LogP contribution in [0.4, 0.5) is 10.1 Å². The second-order valence-corrected chi connectivity index (χ2v) is 10.2. The number of amides is 1. The van der Waals surface area contributed by atoms with Gasteiger partial charge in [0.2, 0.25) is 15.9 Å². The van der Waals surface area contributed by atoms with E-state index in [1.54, 1.807) is 35.2 Å². The Balaban J connectivity index is 1.42. The van der Waals surface area contributed by atoms with E-state index in [2.05, 4.69) is 0 Å². The highest BCUT2D eigenvalue weighted by molar-refractivity contribution is 7.89. The summed E-state index contributed by atoms with van der Waals surface area (Å²) in [6.45, 7) is 4.43. The minimum atomic E-state index is -3.56. The van der Waals surface area contributed by atoms with E-state index in [-0.39, 0.29) is 18.3 Å². The van der Waals surface area contributed by atoms with Gasteiger partial charge in [0.15, 0.2) is 0 Å². The van der Waals surface area contributed by atoms with Gasteiger partial charge < -0.3 is 4.90 Å². The van der Waals surface area contributed by atoms with Gasteiger partial charge in [-0.3, -0.25) is 9.69 Å². The molecule has 0 unspecified atom stereocenters. The summed E-state index contributed by atoms with van der Waals surface area (Å²) in [4.78, 5) is 16.8. The van der Waals surface area contributed by atoms with Crippen molar-refractivity contribution in [1.29, 1.82) is 0 Å². The number of sulfonamides is 1. The molecule has 8 heteroatoms. The smallest absolute Gasteiger partial charge is 0.243 e. The molecule has 1 saturated heterocycles. The molecular formula is C23H28FN3O3S. The molecule has 0 aliphatic carbocycles. The minimum absolute atomic E-state index is 0.138. The first-order valence-electron chi connectivity index (χ1n) is 10.7. The topological polar surface area (TPSA) is 60.9 Å². The van der Waals surface area contributed by atoms with Crippen LogP contribution in [0.25, 0.3) is 0 Å². The Hall–Kier alpha value is -2.29. The summed E-state index contributed by atoms with van der Waals surface area (Å²) < 4.78 is 41.9. The molecule has 0 saturated carbocycles. The highest BCUT2D eigenvalue weighted by Gasteiger charge is 2.30. The molecule has 0 N–H and O–H groups in total. The van der Waals surface area contributed by atoms with Gasteiger partial charge in [-0.25, -0.2) is 12.8 Å². The number of carbonyl (C=O) groups excluding carboxylic acids is 1. The first kappa shape index (κ1) is 21.9. The molecular weight excluding hydrogens is 417 g/mol. The van der Waals surface area contributed by atoms with Crippen LogP contribution in [-0.2, 0) is 21.2 Å². The SMILES string of the molecule is Cc1ccc(S(=O)(=O)N2CCCN(CC(=O)N3CCCc4cccc(F)c43)CC2)cc1. The molecule has 0 aromatic heterocycles. The number of rotatable bonds is 4. The monoisotopic (exact) mass is 445 g/mol. The summed E-state index contributed by atoms with van der Waals surface area (Å²) in [5, 5.41) is 0. The lowest BCUT2D eigenvalue weighted by molar-refractivity contribution is -0.119. The van der Waals surface area contributed by atoms with Gasteiger partial charge in [-0.1, -0.05) is 29.8 Å². The van der Waals surface area contributed by atoms with Crippen molar-refractivity contribution in [3.63, 3.8) is 0 Å². The molecule has 0 spiro atoms. The molecule has 31 heavy (non-hydrogen) atoms. The maximum Gasteiger partial charge on any atom is 0.243 e. The van der Waals surface area contributed by atoms with Crippen LogP contribution in [0.3, 0.4) is 0 Å². The molecule has 2 aliphatic rings. The molecule has 166 valence electrons. The lowest BCUT2D eigenvalue weighted by Crippen LogP contribution is -2.44. The van der Waals surface area contributed by atoms with E-state index in [0.717, 1.165) is 24.0 Å². The Labute approximate surface area is 183 Å². The number of aryl methyl sites for hydroxylation is 2. The predicted octanol–water partition coefficient (Wildman–Crippen LogP) is 2.81. The molecule has 0 atom stereocenters. The average Bonchev–Trinajstić information content (AvgIpc) is 3.00. The quantitative estimate of drug-likeness (QED) is 0.726. The third kappa shape index (κ3) is 4.66. The van der Waals surface area contributed by atoms with E-state index in [1.807, 2.05) is 17.9 Å². The van der Waals surface area contributed by atoms with Crippen molar-refractivity contribution in [3.8, 4) is 0 Å². The maximum atomic E-state index is 14.4. The molecule has 1 fully saturated rings. The van der Waals surface area contributed by atoms with E-state index >= 15 is 0 Å². The second kappa shape index (κ2) is 9.06. The summed E-state index contributed by atoms with van der Waals surface area (Å²) in [7, 11) is -3.56. The Morgan fingerprint density at radius 2 is 1.74 bits per heavy atom.